The van der Waals surface area contributed by atoms with E-state index >= 15 is 0 Å². The number of aromatic carboxylic acids is 1. The van der Waals surface area contributed by atoms with E-state index in [-0.39, 0.29) is 17.1 Å². The lowest BCUT2D eigenvalue weighted by Gasteiger charge is -2.10. The van der Waals surface area contributed by atoms with Crippen molar-refractivity contribution in [2.24, 2.45) is 0 Å². The Bertz CT molecular complexity index is 558. The molecule has 1 rings (SSSR count). The Balaban J connectivity index is 3.28. The molecule has 0 saturated heterocycles. The second-order valence-electron chi connectivity index (χ2n) is 3.19. The summed E-state index contributed by atoms with van der Waals surface area (Å²) in [6.07, 6.45) is 1.75. The molecule has 0 atom stereocenters. The Morgan fingerprint density at radius 3 is 2.16 bits per heavy atom. The molecule has 6 nitrogen and oxygen atoms in total. The van der Waals surface area contributed by atoms with Gasteiger partial charge in [-0.1, -0.05) is 19.2 Å². The lowest BCUT2D eigenvalue weighted by atomic mass is 10.2. The third-order valence-corrected chi connectivity index (χ3v) is 1.96. The van der Waals surface area contributed by atoms with Gasteiger partial charge in [-0.3, -0.25) is 0 Å². The van der Waals surface area contributed by atoms with Gasteiger partial charge in [0, 0.05) is 12.2 Å². The highest BCUT2D eigenvalue weighted by Gasteiger charge is 2.19. The van der Waals surface area contributed by atoms with Crippen LogP contribution in [0.3, 0.4) is 0 Å². The van der Waals surface area contributed by atoms with Gasteiger partial charge < -0.3 is 14.6 Å². The zero-order valence-electron chi connectivity index (χ0n) is 9.79. The molecule has 1 aromatic carbocycles. The SMILES string of the molecule is C=CC(=O)Oc1cccc(C(=O)O)c1OC(=O)C=C. The van der Waals surface area contributed by atoms with Crippen LogP contribution in [0.2, 0.25) is 0 Å². The van der Waals surface area contributed by atoms with Crippen molar-refractivity contribution in [2.75, 3.05) is 0 Å². The number of carbonyl (C=O) groups is 3. The first-order chi connectivity index (χ1) is 8.99. The minimum Gasteiger partial charge on any atom is -0.478 e. The van der Waals surface area contributed by atoms with Crippen LogP contribution in [0.15, 0.2) is 43.5 Å². The Morgan fingerprint density at radius 2 is 1.63 bits per heavy atom. The Hall–Kier alpha value is -2.89. The number of benzene rings is 1. The Kier molecular flexibility index (Phi) is 4.59. The molecular formula is C13H10O6. The van der Waals surface area contributed by atoms with Crippen LogP contribution in [0.5, 0.6) is 11.5 Å². The topological polar surface area (TPSA) is 89.9 Å². The van der Waals surface area contributed by atoms with Gasteiger partial charge in [0.2, 0.25) is 0 Å². The highest BCUT2D eigenvalue weighted by atomic mass is 16.6. The molecule has 1 N–H and O–H groups in total. The summed E-state index contributed by atoms with van der Waals surface area (Å²) in [5.41, 5.74) is -0.315. The molecule has 0 unspecified atom stereocenters. The number of carbonyl (C=O) groups excluding carboxylic acids is 2. The van der Waals surface area contributed by atoms with Crippen molar-refractivity contribution < 1.29 is 29.0 Å². The molecule has 0 aliphatic carbocycles. The third-order valence-electron chi connectivity index (χ3n) is 1.96. The molecule has 19 heavy (non-hydrogen) atoms. The van der Waals surface area contributed by atoms with Crippen molar-refractivity contribution in [1.29, 1.82) is 0 Å². The van der Waals surface area contributed by atoms with Gasteiger partial charge in [-0.15, -0.1) is 0 Å². The van der Waals surface area contributed by atoms with E-state index < -0.39 is 17.9 Å². The number of hydrogen-bond donors (Lipinski definition) is 1. The van der Waals surface area contributed by atoms with E-state index in [4.69, 9.17) is 14.6 Å². The number of carboxylic acids is 1. The lowest BCUT2D eigenvalue weighted by Crippen LogP contribution is -2.12. The van der Waals surface area contributed by atoms with Gasteiger partial charge in [-0.05, 0) is 12.1 Å². The van der Waals surface area contributed by atoms with E-state index in [0.717, 1.165) is 12.2 Å². The highest BCUT2D eigenvalue weighted by molar-refractivity contribution is 5.95. The highest BCUT2D eigenvalue weighted by Crippen LogP contribution is 2.31. The van der Waals surface area contributed by atoms with Crippen LogP contribution < -0.4 is 9.47 Å². The largest absolute Gasteiger partial charge is 0.478 e. The summed E-state index contributed by atoms with van der Waals surface area (Å²) < 4.78 is 9.58. The van der Waals surface area contributed by atoms with Gasteiger partial charge >= 0.3 is 17.9 Å². The van der Waals surface area contributed by atoms with Gasteiger partial charge in [0.05, 0.1) is 0 Å². The number of rotatable bonds is 5. The Labute approximate surface area is 108 Å². The predicted molar refractivity (Wildman–Crippen MR) is 65.1 cm³/mol. The van der Waals surface area contributed by atoms with Gasteiger partial charge in [0.25, 0.3) is 0 Å². The van der Waals surface area contributed by atoms with E-state index in [9.17, 15) is 14.4 Å². The van der Waals surface area contributed by atoms with Crippen LogP contribution in [-0.2, 0) is 9.59 Å². The number of hydrogen-bond acceptors (Lipinski definition) is 5. The molecule has 0 radical (unpaired) electrons. The number of ether oxygens (including phenoxy) is 2. The van der Waals surface area contributed by atoms with Crippen molar-refractivity contribution in [3.63, 3.8) is 0 Å². The summed E-state index contributed by atoms with van der Waals surface area (Å²) in [5.74, 6) is -3.57. The monoisotopic (exact) mass is 262 g/mol. The summed E-state index contributed by atoms with van der Waals surface area (Å²) in [6.45, 7) is 6.40. The predicted octanol–water partition coefficient (Wildman–Crippen LogP) is 1.57. The maximum absolute atomic E-state index is 11.2. The van der Waals surface area contributed by atoms with Crippen LogP contribution in [-0.4, -0.2) is 23.0 Å². The van der Waals surface area contributed by atoms with Crippen LogP contribution in [0.1, 0.15) is 10.4 Å². The molecule has 0 bridgehead atoms. The fraction of sp³-hybridized carbons (Fsp3) is 0. The number of carboxylic acid groups (broad SMARTS) is 1. The van der Waals surface area contributed by atoms with E-state index in [0.29, 0.717) is 0 Å². The fourth-order valence-electron chi connectivity index (χ4n) is 1.16. The molecule has 0 amide bonds. The number of esters is 2. The molecule has 0 aromatic heterocycles. The van der Waals surface area contributed by atoms with Crippen molar-refractivity contribution in [1.82, 2.24) is 0 Å². The summed E-state index contributed by atoms with van der Waals surface area (Å²) in [6, 6.07) is 3.85. The summed E-state index contributed by atoms with van der Waals surface area (Å²) in [5, 5.41) is 8.99. The van der Waals surface area contributed by atoms with Crippen LogP contribution in [0.25, 0.3) is 0 Å². The zero-order chi connectivity index (χ0) is 14.4. The molecule has 0 heterocycles. The van der Waals surface area contributed by atoms with Gasteiger partial charge in [-0.2, -0.15) is 0 Å². The van der Waals surface area contributed by atoms with E-state index in [1.54, 1.807) is 0 Å². The second-order valence-corrected chi connectivity index (χ2v) is 3.19. The van der Waals surface area contributed by atoms with E-state index in [2.05, 4.69) is 13.2 Å². The van der Waals surface area contributed by atoms with Crippen molar-refractivity contribution >= 4 is 17.9 Å². The van der Waals surface area contributed by atoms with E-state index in [1.807, 2.05) is 0 Å². The molecule has 0 aliphatic rings. The minimum absolute atomic E-state index is 0.194. The molecule has 0 saturated carbocycles. The molecule has 1 aromatic rings. The fourth-order valence-corrected chi connectivity index (χ4v) is 1.16. The average Bonchev–Trinajstić information content (AvgIpc) is 2.39. The van der Waals surface area contributed by atoms with Crippen molar-refractivity contribution in [2.45, 2.75) is 0 Å². The second kappa shape index (κ2) is 6.15. The van der Waals surface area contributed by atoms with Gasteiger partial charge in [0.15, 0.2) is 11.5 Å². The molecular weight excluding hydrogens is 252 g/mol. The smallest absolute Gasteiger partial charge is 0.339 e. The average molecular weight is 262 g/mol. The standard InChI is InChI=1S/C13H10O6/c1-3-10(14)18-9-7-5-6-8(13(16)17)12(9)19-11(15)4-2/h3-7H,1-2H2,(H,16,17). The first kappa shape index (κ1) is 14.2. The van der Waals surface area contributed by atoms with Gasteiger partial charge in [0.1, 0.15) is 5.56 Å². The normalized spacial score (nSPS) is 9.26. The van der Waals surface area contributed by atoms with Crippen LogP contribution in [0.4, 0.5) is 0 Å². The molecule has 6 heteroatoms. The summed E-state index contributed by atoms with van der Waals surface area (Å²) in [4.78, 5) is 33.3. The van der Waals surface area contributed by atoms with Crippen LogP contribution >= 0.6 is 0 Å². The zero-order valence-corrected chi connectivity index (χ0v) is 9.79. The van der Waals surface area contributed by atoms with Crippen molar-refractivity contribution in [3.8, 4) is 11.5 Å². The quantitative estimate of drug-likeness (QED) is 0.492. The molecule has 0 fully saturated rings. The third kappa shape index (κ3) is 3.53. The minimum atomic E-state index is -1.33. The van der Waals surface area contributed by atoms with Gasteiger partial charge in [-0.25, -0.2) is 14.4 Å². The number of para-hydroxylation sites is 1. The van der Waals surface area contributed by atoms with Crippen molar-refractivity contribution in [3.05, 3.63) is 49.1 Å². The summed E-state index contributed by atoms with van der Waals surface area (Å²) >= 11 is 0. The Morgan fingerprint density at radius 1 is 1.05 bits per heavy atom. The molecule has 0 aliphatic heterocycles. The molecule has 98 valence electrons. The lowest BCUT2D eigenvalue weighted by molar-refractivity contribution is -0.131. The summed E-state index contributed by atoms with van der Waals surface area (Å²) in [7, 11) is 0. The maximum Gasteiger partial charge on any atom is 0.339 e. The first-order valence-electron chi connectivity index (χ1n) is 5.04. The van der Waals surface area contributed by atoms with Crippen LogP contribution in [0, 0.1) is 0 Å². The maximum atomic E-state index is 11.2. The van der Waals surface area contributed by atoms with E-state index in [1.165, 1.54) is 18.2 Å². The first-order valence-corrected chi connectivity index (χ1v) is 5.04. The molecule has 0 spiro atoms.